The Morgan fingerprint density at radius 2 is 2.00 bits per heavy atom. The molecule has 8 heteroatoms. The molecule has 0 spiro atoms. The lowest BCUT2D eigenvalue weighted by Crippen LogP contribution is -2.48. The fraction of sp³-hybridized carbons (Fsp3) is 0.353. The second-order valence-electron chi connectivity index (χ2n) is 5.93. The number of hydrogen-bond acceptors (Lipinski definition) is 5. The zero-order valence-electron chi connectivity index (χ0n) is 13.7. The predicted molar refractivity (Wildman–Crippen MR) is 96.4 cm³/mol. The predicted octanol–water partition coefficient (Wildman–Crippen LogP) is 2.76. The fourth-order valence-corrected chi connectivity index (χ4v) is 3.61. The Bertz CT molecular complexity index is 800. The van der Waals surface area contributed by atoms with Gasteiger partial charge in [0, 0.05) is 38.1 Å². The van der Waals surface area contributed by atoms with Crippen LogP contribution < -0.4 is 0 Å². The van der Waals surface area contributed by atoms with E-state index in [1.165, 1.54) is 18.2 Å². The number of carboxylic acids is 1. The molecule has 0 saturated carbocycles. The first-order valence-corrected chi connectivity index (χ1v) is 9.15. The van der Waals surface area contributed by atoms with Gasteiger partial charge in [0.1, 0.15) is 0 Å². The topological polar surface area (TPSA) is 73.7 Å². The lowest BCUT2D eigenvalue weighted by molar-refractivity contribution is 0.0627. The van der Waals surface area contributed by atoms with Gasteiger partial charge in [-0.2, -0.15) is 0 Å². The quantitative estimate of drug-likeness (QED) is 0.884. The standard InChI is InChI=1S/C17H18ClN3O3S/c1-11-19-13(10-25-11)9-20-4-6-21(7-5-20)16(22)14-8-12(17(23)24)2-3-15(14)18/h2-3,8,10H,4-7,9H2,1H3,(H,23,24). The van der Waals surface area contributed by atoms with Gasteiger partial charge in [0.15, 0.2) is 0 Å². The van der Waals surface area contributed by atoms with Crippen molar-refractivity contribution in [1.29, 1.82) is 0 Å². The molecule has 1 aliphatic rings. The molecule has 1 amide bonds. The average molecular weight is 380 g/mol. The summed E-state index contributed by atoms with van der Waals surface area (Å²) < 4.78 is 0. The molecule has 0 atom stereocenters. The van der Waals surface area contributed by atoms with E-state index in [2.05, 4.69) is 15.3 Å². The number of carbonyl (C=O) groups excluding carboxylic acids is 1. The maximum Gasteiger partial charge on any atom is 0.335 e. The van der Waals surface area contributed by atoms with Crippen molar-refractivity contribution in [2.45, 2.75) is 13.5 Å². The van der Waals surface area contributed by atoms with Crippen LogP contribution in [0.1, 0.15) is 31.4 Å². The van der Waals surface area contributed by atoms with Crippen LogP contribution in [0.4, 0.5) is 0 Å². The Labute approximate surface area is 154 Å². The third-order valence-electron chi connectivity index (χ3n) is 4.16. The third-order valence-corrected chi connectivity index (χ3v) is 5.31. The summed E-state index contributed by atoms with van der Waals surface area (Å²) in [5.41, 5.74) is 1.36. The number of benzene rings is 1. The lowest BCUT2D eigenvalue weighted by atomic mass is 10.1. The van der Waals surface area contributed by atoms with Crippen molar-refractivity contribution in [3.63, 3.8) is 0 Å². The van der Waals surface area contributed by atoms with Gasteiger partial charge in [-0.1, -0.05) is 11.6 Å². The van der Waals surface area contributed by atoms with Crippen LogP contribution >= 0.6 is 22.9 Å². The van der Waals surface area contributed by atoms with Crippen LogP contribution in [0, 0.1) is 6.92 Å². The summed E-state index contributed by atoms with van der Waals surface area (Å²) in [4.78, 5) is 32.2. The molecule has 6 nitrogen and oxygen atoms in total. The Morgan fingerprint density at radius 3 is 2.60 bits per heavy atom. The van der Waals surface area contributed by atoms with Crippen LogP contribution in [0.15, 0.2) is 23.6 Å². The van der Waals surface area contributed by atoms with Gasteiger partial charge in [-0.15, -0.1) is 11.3 Å². The van der Waals surface area contributed by atoms with Gasteiger partial charge >= 0.3 is 5.97 Å². The number of carboxylic acid groups (broad SMARTS) is 1. The number of piperazine rings is 1. The van der Waals surface area contributed by atoms with Crippen molar-refractivity contribution in [2.75, 3.05) is 26.2 Å². The number of hydrogen-bond donors (Lipinski definition) is 1. The SMILES string of the molecule is Cc1nc(CN2CCN(C(=O)c3cc(C(=O)O)ccc3Cl)CC2)cs1. The minimum Gasteiger partial charge on any atom is -0.478 e. The summed E-state index contributed by atoms with van der Waals surface area (Å²) >= 11 is 7.73. The summed E-state index contributed by atoms with van der Waals surface area (Å²) in [6, 6.07) is 4.20. The van der Waals surface area contributed by atoms with Gasteiger partial charge in [-0.25, -0.2) is 9.78 Å². The maximum atomic E-state index is 12.7. The van der Waals surface area contributed by atoms with Crippen molar-refractivity contribution >= 4 is 34.8 Å². The number of carbonyl (C=O) groups is 2. The number of rotatable bonds is 4. The monoisotopic (exact) mass is 379 g/mol. The molecule has 2 aromatic rings. The highest BCUT2D eigenvalue weighted by Crippen LogP contribution is 2.21. The summed E-state index contributed by atoms with van der Waals surface area (Å²) in [5.74, 6) is -1.30. The summed E-state index contributed by atoms with van der Waals surface area (Å²) in [7, 11) is 0. The van der Waals surface area contributed by atoms with Gasteiger partial charge in [-0.05, 0) is 25.1 Å². The third kappa shape index (κ3) is 4.18. The molecule has 1 aromatic heterocycles. The fourth-order valence-electron chi connectivity index (χ4n) is 2.81. The van der Waals surface area contributed by atoms with Crippen molar-refractivity contribution in [2.24, 2.45) is 0 Å². The molecule has 2 heterocycles. The number of amides is 1. The largest absolute Gasteiger partial charge is 0.478 e. The molecule has 25 heavy (non-hydrogen) atoms. The normalized spacial score (nSPS) is 15.4. The van der Waals surface area contributed by atoms with Crippen molar-refractivity contribution < 1.29 is 14.7 Å². The van der Waals surface area contributed by atoms with Gasteiger partial charge < -0.3 is 10.0 Å². The van der Waals surface area contributed by atoms with E-state index in [9.17, 15) is 9.59 Å². The number of aromatic carboxylic acids is 1. The molecular weight excluding hydrogens is 362 g/mol. The molecule has 1 fully saturated rings. The minimum absolute atomic E-state index is 0.0605. The highest BCUT2D eigenvalue weighted by molar-refractivity contribution is 7.09. The summed E-state index contributed by atoms with van der Waals surface area (Å²) in [5, 5.41) is 12.5. The Balaban J connectivity index is 1.63. The Morgan fingerprint density at radius 1 is 1.28 bits per heavy atom. The van der Waals surface area contributed by atoms with Gasteiger partial charge in [0.25, 0.3) is 5.91 Å². The van der Waals surface area contributed by atoms with Crippen LogP contribution in [0.3, 0.4) is 0 Å². The molecule has 132 valence electrons. The van der Waals surface area contributed by atoms with Gasteiger partial charge in [0.05, 0.1) is 26.9 Å². The Hall–Kier alpha value is -1.96. The lowest BCUT2D eigenvalue weighted by Gasteiger charge is -2.34. The van der Waals surface area contributed by atoms with E-state index < -0.39 is 5.97 Å². The second-order valence-corrected chi connectivity index (χ2v) is 7.40. The summed E-state index contributed by atoms with van der Waals surface area (Å²) in [6.07, 6.45) is 0. The molecule has 0 bridgehead atoms. The van der Waals surface area contributed by atoms with Crippen LogP contribution in [-0.4, -0.2) is 57.9 Å². The number of halogens is 1. The number of thiazole rings is 1. The zero-order valence-corrected chi connectivity index (χ0v) is 15.3. The molecule has 0 radical (unpaired) electrons. The number of nitrogens with zero attached hydrogens (tertiary/aromatic N) is 3. The summed E-state index contributed by atoms with van der Waals surface area (Å²) in [6.45, 7) is 5.42. The molecule has 3 rings (SSSR count). The molecule has 1 aromatic carbocycles. The van der Waals surface area contributed by atoms with E-state index in [1.807, 2.05) is 6.92 Å². The molecule has 1 N–H and O–H groups in total. The van der Waals surface area contributed by atoms with Crippen LogP contribution in [0.25, 0.3) is 0 Å². The van der Waals surface area contributed by atoms with E-state index in [0.717, 1.165) is 30.3 Å². The number of aryl methyl sites for hydroxylation is 1. The highest BCUT2D eigenvalue weighted by Gasteiger charge is 2.24. The molecule has 0 aliphatic carbocycles. The highest BCUT2D eigenvalue weighted by atomic mass is 35.5. The Kier molecular flexibility index (Phi) is 5.36. The van der Waals surface area contributed by atoms with E-state index in [0.29, 0.717) is 13.1 Å². The van der Waals surface area contributed by atoms with Crippen molar-refractivity contribution in [3.05, 3.63) is 50.4 Å². The maximum absolute atomic E-state index is 12.7. The molecule has 1 saturated heterocycles. The molecular formula is C17H18ClN3O3S. The van der Waals surface area contributed by atoms with E-state index in [1.54, 1.807) is 16.2 Å². The van der Waals surface area contributed by atoms with Crippen LogP contribution in [-0.2, 0) is 6.54 Å². The van der Waals surface area contributed by atoms with E-state index in [4.69, 9.17) is 16.7 Å². The molecule has 0 unspecified atom stereocenters. The van der Waals surface area contributed by atoms with E-state index in [-0.39, 0.29) is 22.1 Å². The smallest absolute Gasteiger partial charge is 0.335 e. The van der Waals surface area contributed by atoms with E-state index >= 15 is 0 Å². The first kappa shape index (κ1) is 17.8. The molecule has 1 aliphatic heterocycles. The zero-order chi connectivity index (χ0) is 18.0. The van der Waals surface area contributed by atoms with Gasteiger partial charge in [-0.3, -0.25) is 9.69 Å². The van der Waals surface area contributed by atoms with Crippen LogP contribution in [0.2, 0.25) is 5.02 Å². The second kappa shape index (κ2) is 7.51. The minimum atomic E-state index is -1.07. The number of aromatic nitrogens is 1. The average Bonchev–Trinajstić information content (AvgIpc) is 3.00. The van der Waals surface area contributed by atoms with Crippen molar-refractivity contribution in [3.8, 4) is 0 Å². The first-order chi connectivity index (χ1) is 11.9. The first-order valence-electron chi connectivity index (χ1n) is 7.89. The van der Waals surface area contributed by atoms with Crippen molar-refractivity contribution in [1.82, 2.24) is 14.8 Å². The van der Waals surface area contributed by atoms with Crippen LogP contribution in [0.5, 0.6) is 0 Å². The van der Waals surface area contributed by atoms with Gasteiger partial charge in [0.2, 0.25) is 0 Å².